The van der Waals surface area contributed by atoms with Gasteiger partial charge in [-0.15, -0.1) is 0 Å². The van der Waals surface area contributed by atoms with Crippen LogP contribution in [0.2, 0.25) is 0 Å². The van der Waals surface area contributed by atoms with E-state index in [9.17, 15) is 13.2 Å². The fourth-order valence-corrected chi connectivity index (χ4v) is 3.63. The zero-order valence-corrected chi connectivity index (χ0v) is 11.1. The van der Waals surface area contributed by atoms with Crippen LogP contribution >= 0.6 is 0 Å². The first-order chi connectivity index (χ1) is 8.03. The van der Waals surface area contributed by atoms with Gasteiger partial charge in [-0.2, -0.15) is 0 Å². The molecule has 0 aliphatic carbocycles. The predicted molar refractivity (Wildman–Crippen MR) is 65.5 cm³/mol. The summed E-state index contributed by atoms with van der Waals surface area (Å²) in [7, 11) is -2.85. The van der Waals surface area contributed by atoms with Crippen molar-refractivity contribution in [3.8, 4) is 0 Å². The molecule has 0 bridgehead atoms. The molecule has 1 saturated heterocycles. The molecule has 0 amide bonds. The van der Waals surface area contributed by atoms with Crippen LogP contribution in [0, 0.1) is 0 Å². The second kappa shape index (κ2) is 6.96. The van der Waals surface area contributed by atoms with Crippen LogP contribution in [0.3, 0.4) is 0 Å². The quantitative estimate of drug-likeness (QED) is 0.558. The van der Waals surface area contributed by atoms with Crippen LogP contribution in [-0.2, 0) is 19.4 Å². The molecule has 1 aliphatic heterocycles. The normalized spacial score (nSPS) is 23.2. The van der Waals surface area contributed by atoms with Gasteiger partial charge in [0.1, 0.15) is 0 Å². The Morgan fingerprint density at radius 3 is 2.88 bits per heavy atom. The van der Waals surface area contributed by atoms with Crippen molar-refractivity contribution >= 4 is 15.8 Å². The van der Waals surface area contributed by atoms with Crippen LogP contribution in [0.1, 0.15) is 32.6 Å². The molecule has 0 spiro atoms. The molecule has 1 rings (SSSR count). The molecule has 5 nitrogen and oxygen atoms in total. The number of rotatable bonds is 6. The van der Waals surface area contributed by atoms with Gasteiger partial charge in [0, 0.05) is 12.5 Å². The van der Waals surface area contributed by atoms with Crippen molar-refractivity contribution in [2.45, 2.75) is 38.6 Å². The molecule has 0 aromatic carbocycles. The smallest absolute Gasteiger partial charge is 0.305 e. The number of sulfone groups is 1. The highest BCUT2D eigenvalue weighted by molar-refractivity contribution is 7.91. The van der Waals surface area contributed by atoms with Gasteiger partial charge in [0.05, 0.1) is 18.1 Å². The summed E-state index contributed by atoms with van der Waals surface area (Å²) in [6.45, 7) is 2.86. The predicted octanol–water partition coefficient (Wildman–Crippen LogP) is 0.496. The Hall–Kier alpha value is -0.620. The number of hydrogen-bond donors (Lipinski definition) is 1. The molecule has 1 N–H and O–H groups in total. The van der Waals surface area contributed by atoms with E-state index in [1.165, 1.54) is 0 Å². The van der Waals surface area contributed by atoms with Crippen molar-refractivity contribution in [2.75, 3.05) is 24.7 Å². The Balaban J connectivity index is 2.12. The molecule has 0 saturated carbocycles. The molecule has 1 heterocycles. The molecule has 1 unspecified atom stereocenters. The molecular weight excluding hydrogens is 242 g/mol. The van der Waals surface area contributed by atoms with Crippen molar-refractivity contribution in [2.24, 2.45) is 0 Å². The molecule has 1 atom stereocenters. The van der Waals surface area contributed by atoms with Crippen molar-refractivity contribution in [1.82, 2.24) is 5.32 Å². The van der Waals surface area contributed by atoms with E-state index in [1.54, 1.807) is 6.92 Å². The summed E-state index contributed by atoms with van der Waals surface area (Å²) < 4.78 is 27.6. The minimum atomic E-state index is -2.85. The Labute approximate surface area is 103 Å². The van der Waals surface area contributed by atoms with E-state index in [-0.39, 0.29) is 17.8 Å². The van der Waals surface area contributed by atoms with Crippen molar-refractivity contribution in [3.05, 3.63) is 0 Å². The lowest BCUT2D eigenvalue weighted by Crippen LogP contribution is -2.40. The van der Waals surface area contributed by atoms with Gasteiger partial charge in [0.2, 0.25) is 0 Å². The SMILES string of the molecule is CCOC(=O)CCCNC1CCCS(=O)(=O)C1. The third-order valence-electron chi connectivity index (χ3n) is 2.76. The fourth-order valence-electron chi connectivity index (χ4n) is 1.96. The summed E-state index contributed by atoms with van der Waals surface area (Å²) in [6, 6.07) is 0.0518. The lowest BCUT2D eigenvalue weighted by Gasteiger charge is -2.22. The van der Waals surface area contributed by atoms with Crippen LogP contribution in [0.25, 0.3) is 0 Å². The molecule has 1 aliphatic rings. The largest absolute Gasteiger partial charge is 0.466 e. The molecule has 0 radical (unpaired) electrons. The minimum Gasteiger partial charge on any atom is -0.466 e. The summed E-state index contributed by atoms with van der Waals surface area (Å²) in [5.41, 5.74) is 0. The zero-order chi connectivity index (χ0) is 12.7. The zero-order valence-electron chi connectivity index (χ0n) is 10.3. The van der Waals surface area contributed by atoms with Crippen LogP contribution in [0.15, 0.2) is 0 Å². The number of esters is 1. The first-order valence-corrected chi connectivity index (χ1v) is 7.95. The van der Waals surface area contributed by atoms with E-state index in [4.69, 9.17) is 4.74 Å². The Morgan fingerprint density at radius 1 is 1.47 bits per heavy atom. The van der Waals surface area contributed by atoms with E-state index in [1.807, 2.05) is 0 Å². The van der Waals surface area contributed by atoms with Gasteiger partial charge in [-0.3, -0.25) is 4.79 Å². The summed E-state index contributed by atoms with van der Waals surface area (Å²) in [6.07, 6.45) is 2.71. The average molecular weight is 263 g/mol. The van der Waals surface area contributed by atoms with Gasteiger partial charge in [0.15, 0.2) is 9.84 Å². The second-order valence-corrected chi connectivity index (χ2v) is 6.54. The number of hydrogen-bond acceptors (Lipinski definition) is 5. The van der Waals surface area contributed by atoms with Crippen molar-refractivity contribution in [1.29, 1.82) is 0 Å². The maximum absolute atomic E-state index is 11.4. The molecule has 1 fully saturated rings. The summed E-state index contributed by atoms with van der Waals surface area (Å²) in [4.78, 5) is 11.1. The topological polar surface area (TPSA) is 72.5 Å². The Bertz CT molecular complexity index is 339. The fraction of sp³-hybridized carbons (Fsp3) is 0.909. The van der Waals surface area contributed by atoms with E-state index in [0.717, 1.165) is 12.8 Å². The van der Waals surface area contributed by atoms with Gasteiger partial charge in [-0.1, -0.05) is 0 Å². The minimum absolute atomic E-state index is 0.0518. The summed E-state index contributed by atoms with van der Waals surface area (Å²) >= 11 is 0. The van der Waals surface area contributed by atoms with Crippen LogP contribution in [-0.4, -0.2) is 45.1 Å². The summed E-state index contributed by atoms with van der Waals surface area (Å²) in [5, 5.41) is 3.19. The van der Waals surface area contributed by atoms with Gasteiger partial charge >= 0.3 is 5.97 Å². The average Bonchev–Trinajstić information content (AvgIpc) is 2.23. The molecule has 17 heavy (non-hydrogen) atoms. The third kappa shape index (κ3) is 6.02. The molecule has 0 aromatic heterocycles. The second-order valence-electron chi connectivity index (χ2n) is 4.32. The number of carbonyl (C=O) groups excluding carboxylic acids is 1. The number of carbonyl (C=O) groups is 1. The lowest BCUT2D eigenvalue weighted by molar-refractivity contribution is -0.143. The van der Waals surface area contributed by atoms with E-state index in [2.05, 4.69) is 5.32 Å². The highest BCUT2D eigenvalue weighted by atomic mass is 32.2. The third-order valence-corrected chi connectivity index (χ3v) is 4.58. The van der Waals surface area contributed by atoms with Crippen LogP contribution < -0.4 is 5.32 Å². The van der Waals surface area contributed by atoms with Gasteiger partial charge in [-0.05, 0) is 32.7 Å². The first kappa shape index (κ1) is 14.4. The maximum Gasteiger partial charge on any atom is 0.305 e. The van der Waals surface area contributed by atoms with Crippen molar-refractivity contribution in [3.63, 3.8) is 0 Å². The van der Waals surface area contributed by atoms with Gasteiger partial charge < -0.3 is 10.1 Å². The highest BCUT2D eigenvalue weighted by Gasteiger charge is 2.23. The van der Waals surface area contributed by atoms with E-state index in [0.29, 0.717) is 31.7 Å². The number of ether oxygens (including phenoxy) is 1. The van der Waals surface area contributed by atoms with Crippen molar-refractivity contribution < 1.29 is 17.9 Å². The van der Waals surface area contributed by atoms with Gasteiger partial charge in [0.25, 0.3) is 0 Å². The Kier molecular flexibility index (Phi) is 5.91. The monoisotopic (exact) mass is 263 g/mol. The van der Waals surface area contributed by atoms with E-state index >= 15 is 0 Å². The molecular formula is C11H21NO4S. The standard InChI is InChI=1S/C11H21NO4S/c1-2-16-11(13)6-3-7-12-10-5-4-8-17(14,15)9-10/h10,12H,2-9H2,1H3. The molecule has 0 aromatic rings. The van der Waals surface area contributed by atoms with Crippen LogP contribution in [0.4, 0.5) is 0 Å². The summed E-state index contributed by atoms with van der Waals surface area (Å²) in [5.74, 6) is 0.353. The first-order valence-electron chi connectivity index (χ1n) is 6.13. The number of nitrogens with one attached hydrogen (secondary N) is 1. The molecule has 6 heteroatoms. The van der Waals surface area contributed by atoms with Crippen LogP contribution in [0.5, 0.6) is 0 Å². The Morgan fingerprint density at radius 2 is 2.24 bits per heavy atom. The highest BCUT2D eigenvalue weighted by Crippen LogP contribution is 2.11. The lowest BCUT2D eigenvalue weighted by atomic mass is 10.2. The maximum atomic E-state index is 11.4. The van der Waals surface area contributed by atoms with E-state index < -0.39 is 9.84 Å². The molecule has 100 valence electrons. The van der Waals surface area contributed by atoms with Gasteiger partial charge in [-0.25, -0.2) is 8.42 Å².